The van der Waals surface area contributed by atoms with E-state index in [0.717, 1.165) is 13.2 Å². The Morgan fingerprint density at radius 2 is 1.80 bits per heavy atom. The highest BCUT2D eigenvalue weighted by Gasteiger charge is 1.82. The summed E-state index contributed by atoms with van der Waals surface area (Å²) in [6, 6.07) is 0. The molecule has 0 rings (SSSR count). The van der Waals surface area contributed by atoms with Gasteiger partial charge in [0.25, 0.3) is 0 Å². The van der Waals surface area contributed by atoms with Gasteiger partial charge in [0.1, 0.15) is 0 Å². The zero-order valence-electron chi connectivity index (χ0n) is 6.80. The van der Waals surface area contributed by atoms with E-state index in [9.17, 15) is 0 Å². The predicted molar refractivity (Wildman–Crippen MR) is 41.5 cm³/mol. The van der Waals surface area contributed by atoms with Crippen LogP contribution in [-0.4, -0.2) is 40.0 Å². The maximum Gasteiger partial charge on any atom is 0.0700 e. The number of rotatable bonds is 7. The van der Waals surface area contributed by atoms with Crippen molar-refractivity contribution < 1.29 is 9.47 Å². The molecule has 3 heteroatoms. The maximum absolute atomic E-state index is 5.16. The fraction of sp³-hybridized carbons (Fsp3) is 1.00. The van der Waals surface area contributed by atoms with Crippen molar-refractivity contribution in [2.45, 2.75) is 6.92 Å². The first-order valence-corrected chi connectivity index (χ1v) is 3.63. The Labute approximate surface area is 62.7 Å². The van der Waals surface area contributed by atoms with Gasteiger partial charge in [-0.15, -0.1) is 6.54 Å². The van der Waals surface area contributed by atoms with Gasteiger partial charge in [0, 0.05) is 13.2 Å². The zero-order chi connectivity index (χ0) is 7.66. The summed E-state index contributed by atoms with van der Waals surface area (Å²) in [5.74, 6) is 0. The second-order valence-corrected chi connectivity index (χ2v) is 1.85. The second kappa shape index (κ2) is 8.88. The number of hydrogen-bond donors (Lipinski definition) is 0. The molecule has 0 fully saturated rings. The van der Waals surface area contributed by atoms with Crippen LogP contribution in [0, 0.1) is 0 Å². The van der Waals surface area contributed by atoms with Crippen molar-refractivity contribution >= 4 is 0 Å². The third-order valence-corrected chi connectivity index (χ3v) is 1.04. The molecule has 0 aromatic carbocycles. The highest BCUT2D eigenvalue weighted by atomic mass is 16.5. The highest BCUT2D eigenvalue weighted by Crippen LogP contribution is 1.81. The van der Waals surface area contributed by atoms with E-state index in [1.165, 1.54) is 0 Å². The Kier molecular flexibility index (Phi) is 8.77. The first-order chi connectivity index (χ1) is 4.91. The lowest BCUT2D eigenvalue weighted by molar-refractivity contribution is 0.0574. The van der Waals surface area contributed by atoms with E-state index in [0.29, 0.717) is 19.8 Å². The van der Waals surface area contributed by atoms with Gasteiger partial charge in [0.2, 0.25) is 0 Å². The van der Waals surface area contributed by atoms with Gasteiger partial charge in [0.15, 0.2) is 0 Å². The van der Waals surface area contributed by atoms with Crippen molar-refractivity contribution in [3.05, 3.63) is 5.32 Å². The first kappa shape index (κ1) is 9.88. The van der Waals surface area contributed by atoms with E-state index >= 15 is 0 Å². The molecule has 0 atom stereocenters. The fourth-order valence-electron chi connectivity index (χ4n) is 0.520. The van der Waals surface area contributed by atoms with E-state index in [2.05, 4.69) is 5.32 Å². The molecule has 0 saturated carbocycles. The summed E-state index contributed by atoms with van der Waals surface area (Å²) in [6.07, 6.45) is 0. The Morgan fingerprint density at radius 1 is 1.10 bits per heavy atom. The van der Waals surface area contributed by atoms with E-state index in [-0.39, 0.29) is 0 Å². The monoisotopic (exact) mass is 146 g/mol. The van der Waals surface area contributed by atoms with Gasteiger partial charge in [-0.05, 0) is 6.92 Å². The van der Waals surface area contributed by atoms with E-state index in [1.54, 1.807) is 7.05 Å². The molecular formula is C7H16NO2-. The lowest BCUT2D eigenvalue weighted by Crippen LogP contribution is -2.06. The van der Waals surface area contributed by atoms with Gasteiger partial charge in [-0.2, -0.15) is 7.05 Å². The SMILES string of the molecule is CCOCCOCC[N-]C. The van der Waals surface area contributed by atoms with Crippen LogP contribution >= 0.6 is 0 Å². The molecule has 0 aliphatic heterocycles. The van der Waals surface area contributed by atoms with E-state index in [4.69, 9.17) is 9.47 Å². The maximum atomic E-state index is 5.16. The molecule has 0 aromatic heterocycles. The Bertz CT molecular complexity index is 51.6. The Balaban J connectivity index is 2.65. The summed E-state index contributed by atoms with van der Waals surface area (Å²) < 4.78 is 10.2. The minimum absolute atomic E-state index is 0.684. The molecule has 0 saturated heterocycles. The normalized spacial score (nSPS) is 10.2. The van der Waals surface area contributed by atoms with Crippen LogP contribution in [0.25, 0.3) is 5.32 Å². The molecule has 0 aliphatic rings. The van der Waals surface area contributed by atoms with Crippen molar-refractivity contribution in [2.75, 3.05) is 40.0 Å². The third kappa shape index (κ3) is 7.88. The molecule has 0 N–H and O–H groups in total. The number of nitrogens with zero attached hydrogens (tertiary/aromatic N) is 1. The molecule has 0 aliphatic carbocycles. The summed E-state index contributed by atoms with van der Waals surface area (Å²) in [5, 5.41) is 3.89. The largest absolute Gasteiger partial charge is 0.663 e. The summed E-state index contributed by atoms with van der Waals surface area (Å²) in [5.41, 5.74) is 0. The van der Waals surface area contributed by atoms with Crippen LogP contribution < -0.4 is 0 Å². The van der Waals surface area contributed by atoms with E-state index < -0.39 is 0 Å². The standard InChI is InChI=1S/C7H16NO2/c1-3-9-6-7-10-5-4-8-2/h3-7H2,1-2H3/q-1. The van der Waals surface area contributed by atoms with Crippen LogP contribution in [0.15, 0.2) is 0 Å². The second-order valence-electron chi connectivity index (χ2n) is 1.85. The third-order valence-electron chi connectivity index (χ3n) is 1.04. The average Bonchev–Trinajstić information content (AvgIpc) is 1.97. The van der Waals surface area contributed by atoms with Gasteiger partial charge < -0.3 is 14.8 Å². The molecule has 0 aromatic rings. The van der Waals surface area contributed by atoms with Gasteiger partial charge in [-0.1, -0.05) is 0 Å². The molecule has 0 radical (unpaired) electrons. The molecule has 0 bridgehead atoms. The van der Waals surface area contributed by atoms with Gasteiger partial charge in [-0.3, -0.25) is 0 Å². The molecule has 62 valence electrons. The van der Waals surface area contributed by atoms with Gasteiger partial charge in [-0.25, -0.2) is 0 Å². The summed E-state index contributed by atoms with van der Waals surface area (Å²) >= 11 is 0. The molecule has 0 heterocycles. The first-order valence-electron chi connectivity index (χ1n) is 3.63. The minimum Gasteiger partial charge on any atom is -0.663 e. The Morgan fingerprint density at radius 3 is 2.40 bits per heavy atom. The Hall–Kier alpha value is -0.120. The molecular weight excluding hydrogens is 130 g/mol. The number of likely N-dealkylation sites (N-methyl/N-ethyl adjacent to an activating group) is 1. The molecule has 0 unspecified atom stereocenters. The highest BCUT2D eigenvalue weighted by molar-refractivity contribution is 4.67. The fourth-order valence-corrected chi connectivity index (χ4v) is 0.520. The van der Waals surface area contributed by atoms with Crippen LogP contribution in [0.1, 0.15) is 6.92 Å². The average molecular weight is 146 g/mol. The van der Waals surface area contributed by atoms with Crippen molar-refractivity contribution in [2.24, 2.45) is 0 Å². The van der Waals surface area contributed by atoms with Crippen LogP contribution in [0.2, 0.25) is 0 Å². The van der Waals surface area contributed by atoms with Crippen LogP contribution in [0.3, 0.4) is 0 Å². The van der Waals surface area contributed by atoms with Crippen molar-refractivity contribution in [1.29, 1.82) is 0 Å². The smallest absolute Gasteiger partial charge is 0.0700 e. The van der Waals surface area contributed by atoms with Crippen LogP contribution in [0.4, 0.5) is 0 Å². The summed E-state index contributed by atoms with van der Waals surface area (Å²) in [7, 11) is 1.78. The lowest BCUT2D eigenvalue weighted by Gasteiger charge is -2.10. The molecule has 0 amide bonds. The molecule has 0 spiro atoms. The predicted octanol–water partition coefficient (Wildman–Crippen LogP) is 1.04. The number of ether oxygens (including phenoxy) is 2. The van der Waals surface area contributed by atoms with Crippen LogP contribution in [0.5, 0.6) is 0 Å². The quantitative estimate of drug-likeness (QED) is 0.503. The van der Waals surface area contributed by atoms with Crippen molar-refractivity contribution in [3.8, 4) is 0 Å². The topological polar surface area (TPSA) is 32.6 Å². The van der Waals surface area contributed by atoms with Gasteiger partial charge >= 0.3 is 0 Å². The van der Waals surface area contributed by atoms with Gasteiger partial charge in [0.05, 0.1) is 13.2 Å². The van der Waals surface area contributed by atoms with Crippen molar-refractivity contribution in [3.63, 3.8) is 0 Å². The van der Waals surface area contributed by atoms with Crippen LogP contribution in [-0.2, 0) is 9.47 Å². The zero-order valence-corrected chi connectivity index (χ0v) is 6.80. The van der Waals surface area contributed by atoms with E-state index in [1.807, 2.05) is 6.92 Å². The number of hydrogen-bond acceptors (Lipinski definition) is 2. The lowest BCUT2D eigenvalue weighted by atomic mass is 10.7. The summed E-state index contributed by atoms with van der Waals surface area (Å²) in [4.78, 5) is 0. The molecule has 3 nitrogen and oxygen atoms in total. The molecule has 10 heavy (non-hydrogen) atoms. The summed E-state index contributed by atoms with van der Waals surface area (Å²) in [6.45, 7) is 5.61. The van der Waals surface area contributed by atoms with Crippen molar-refractivity contribution in [1.82, 2.24) is 0 Å². The minimum atomic E-state index is 0.684.